The van der Waals surface area contributed by atoms with Crippen LogP contribution in [0.1, 0.15) is 58.5 Å². The fourth-order valence-electron chi connectivity index (χ4n) is 3.84. The molecule has 1 aliphatic heterocycles. The van der Waals surface area contributed by atoms with Crippen molar-refractivity contribution in [2.75, 3.05) is 13.1 Å². The molecule has 0 N–H and O–H groups in total. The van der Waals surface area contributed by atoms with Crippen molar-refractivity contribution in [3.8, 4) is 5.69 Å². The first-order valence-electron chi connectivity index (χ1n) is 10.5. The van der Waals surface area contributed by atoms with Gasteiger partial charge in [-0.05, 0) is 38.6 Å². The van der Waals surface area contributed by atoms with Gasteiger partial charge in [0.15, 0.2) is 0 Å². The van der Waals surface area contributed by atoms with Crippen molar-refractivity contribution in [3.63, 3.8) is 0 Å². The maximum absolute atomic E-state index is 13.9. The lowest BCUT2D eigenvalue weighted by molar-refractivity contribution is -0.142. The molecular formula is C23H33FN4O. The Kier molecular flexibility index (Phi) is 6.13. The number of amides is 1. The van der Waals surface area contributed by atoms with Gasteiger partial charge in [0, 0.05) is 36.5 Å². The summed E-state index contributed by atoms with van der Waals surface area (Å²) in [6, 6.07) is 6.63. The van der Waals surface area contributed by atoms with Crippen molar-refractivity contribution in [3.05, 3.63) is 47.0 Å². The fourth-order valence-corrected chi connectivity index (χ4v) is 3.84. The molecule has 0 spiro atoms. The zero-order chi connectivity index (χ0) is 21.3. The second kappa shape index (κ2) is 8.27. The molecular weight excluding hydrogens is 367 g/mol. The SMILES string of the molecule is CCN1CCc2c(c(CN(C(=O)C(C)(C)C)C(C)C)nn2-c2cccc(F)c2)C1. The van der Waals surface area contributed by atoms with Crippen molar-refractivity contribution in [1.82, 2.24) is 19.6 Å². The topological polar surface area (TPSA) is 41.4 Å². The number of carbonyl (C=O) groups excluding carboxylic acids is 1. The van der Waals surface area contributed by atoms with E-state index in [1.54, 1.807) is 6.07 Å². The molecule has 0 aliphatic carbocycles. The Morgan fingerprint density at radius 1 is 1.31 bits per heavy atom. The highest BCUT2D eigenvalue weighted by molar-refractivity contribution is 5.81. The van der Waals surface area contributed by atoms with E-state index < -0.39 is 5.41 Å². The van der Waals surface area contributed by atoms with Crippen LogP contribution in [0.2, 0.25) is 0 Å². The summed E-state index contributed by atoms with van der Waals surface area (Å²) in [5.41, 5.74) is 3.49. The van der Waals surface area contributed by atoms with Gasteiger partial charge in [-0.3, -0.25) is 9.69 Å². The third-order valence-corrected chi connectivity index (χ3v) is 5.57. The van der Waals surface area contributed by atoms with Crippen molar-refractivity contribution < 1.29 is 9.18 Å². The molecule has 2 aromatic rings. The number of nitrogens with zero attached hydrogens (tertiary/aromatic N) is 4. The Labute approximate surface area is 173 Å². The molecule has 5 nitrogen and oxygen atoms in total. The van der Waals surface area contributed by atoms with Gasteiger partial charge in [-0.25, -0.2) is 9.07 Å². The third-order valence-electron chi connectivity index (χ3n) is 5.57. The molecule has 1 aliphatic rings. The van der Waals surface area contributed by atoms with Crippen LogP contribution in [0.3, 0.4) is 0 Å². The summed E-state index contributed by atoms with van der Waals surface area (Å²) in [5.74, 6) is -0.157. The van der Waals surface area contributed by atoms with E-state index in [1.807, 2.05) is 50.3 Å². The van der Waals surface area contributed by atoms with Gasteiger partial charge < -0.3 is 4.90 Å². The van der Waals surface area contributed by atoms with E-state index in [4.69, 9.17) is 5.10 Å². The van der Waals surface area contributed by atoms with Crippen molar-refractivity contribution in [1.29, 1.82) is 0 Å². The molecule has 158 valence electrons. The Hall–Kier alpha value is -2.21. The van der Waals surface area contributed by atoms with Crippen LogP contribution in [0.15, 0.2) is 24.3 Å². The smallest absolute Gasteiger partial charge is 0.228 e. The van der Waals surface area contributed by atoms with Gasteiger partial charge in [0.05, 0.1) is 23.6 Å². The molecule has 0 unspecified atom stereocenters. The Morgan fingerprint density at radius 2 is 2.03 bits per heavy atom. The van der Waals surface area contributed by atoms with Gasteiger partial charge in [-0.15, -0.1) is 0 Å². The van der Waals surface area contributed by atoms with E-state index in [0.717, 1.165) is 43.1 Å². The first-order chi connectivity index (χ1) is 13.6. The van der Waals surface area contributed by atoms with Crippen LogP contribution >= 0.6 is 0 Å². The van der Waals surface area contributed by atoms with Gasteiger partial charge in [-0.1, -0.05) is 33.8 Å². The highest BCUT2D eigenvalue weighted by atomic mass is 19.1. The molecule has 29 heavy (non-hydrogen) atoms. The van der Waals surface area contributed by atoms with E-state index in [-0.39, 0.29) is 17.8 Å². The normalized spacial score (nSPS) is 14.9. The number of carbonyl (C=O) groups is 1. The van der Waals surface area contributed by atoms with Gasteiger partial charge in [0.25, 0.3) is 0 Å². The van der Waals surface area contributed by atoms with E-state index in [1.165, 1.54) is 17.7 Å². The summed E-state index contributed by atoms with van der Waals surface area (Å²) in [7, 11) is 0. The predicted molar refractivity (Wildman–Crippen MR) is 113 cm³/mol. The van der Waals surface area contributed by atoms with Crippen LogP contribution in [0.25, 0.3) is 5.69 Å². The summed E-state index contributed by atoms with van der Waals surface area (Å²) in [6.07, 6.45) is 0.863. The number of hydrogen-bond acceptors (Lipinski definition) is 3. The first-order valence-corrected chi connectivity index (χ1v) is 10.5. The van der Waals surface area contributed by atoms with Crippen LogP contribution in [-0.2, 0) is 24.3 Å². The average molecular weight is 401 g/mol. The standard InChI is InChI=1S/C23H33FN4O/c1-7-26-12-11-21-19(14-26)20(15-27(16(2)3)22(29)23(4,5)6)25-28(21)18-10-8-9-17(24)13-18/h8-10,13,16H,7,11-12,14-15H2,1-6H3. The molecule has 0 fully saturated rings. The minimum absolute atomic E-state index is 0.0718. The summed E-state index contributed by atoms with van der Waals surface area (Å²) in [5, 5.41) is 4.89. The summed E-state index contributed by atoms with van der Waals surface area (Å²) in [4.78, 5) is 17.3. The Bertz CT molecular complexity index is 881. The second-order valence-corrected chi connectivity index (χ2v) is 9.16. The molecule has 0 bridgehead atoms. The number of halogens is 1. The van der Waals surface area contributed by atoms with Crippen LogP contribution in [-0.4, -0.2) is 44.6 Å². The van der Waals surface area contributed by atoms with Gasteiger partial charge in [0.1, 0.15) is 5.82 Å². The summed E-state index contributed by atoms with van der Waals surface area (Å²) < 4.78 is 15.7. The first kappa shape index (κ1) is 21.5. The number of rotatable bonds is 5. The minimum Gasteiger partial charge on any atom is -0.334 e. The third kappa shape index (κ3) is 4.53. The molecule has 0 saturated heterocycles. The molecule has 1 aromatic heterocycles. The maximum Gasteiger partial charge on any atom is 0.228 e. The molecule has 0 radical (unpaired) electrons. The number of fused-ring (bicyclic) bond motifs is 1. The van der Waals surface area contributed by atoms with E-state index in [9.17, 15) is 9.18 Å². The molecule has 1 amide bonds. The Morgan fingerprint density at radius 3 is 2.62 bits per heavy atom. The van der Waals surface area contributed by atoms with Gasteiger partial charge in [0.2, 0.25) is 5.91 Å². The lowest BCUT2D eigenvalue weighted by Gasteiger charge is -2.33. The van der Waals surface area contributed by atoms with Gasteiger partial charge in [-0.2, -0.15) is 5.10 Å². The summed E-state index contributed by atoms with van der Waals surface area (Å²) >= 11 is 0. The maximum atomic E-state index is 13.9. The summed E-state index contributed by atoms with van der Waals surface area (Å²) in [6.45, 7) is 15.3. The molecule has 0 atom stereocenters. The Balaban J connectivity index is 2.05. The van der Waals surface area contributed by atoms with Crippen LogP contribution < -0.4 is 0 Å². The van der Waals surface area contributed by atoms with Crippen molar-refractivity contribution >= 4 is 5.91 Å². The zero-order valence-electron chi connectivity index (χ0n) is 18.5. The number of benzene rings is 1. The molecule has 2 heterocycles. The van der Waals surface area contributed by atoms with E-state index in [2.05, 4.69) is 11.8 Å². The zero-order valence-corrected chi connectivity index (χ0v) is 18.5. The molecule has 3 rings (SSSR count). The second-order valence-electron chi connectivity index (χ2n) is 9.16. The minimum atomic E-state index is -0.453. The van der Waals surface area contributed by atoms with Crippen LogP contribution in [0, 0.1) is 11.2 Å². The number of hydrogen-bond donors (Lipinski definition) is 0. The molecule has 1 aromatic carbocycles. The lowest BCUT2D eigenvalue weighted by atomic mass is 9.93. The van der Waals surface area contributed by atoms with Crippen LogP contribution in [0.4, 0.5) is 4.39 Å². The van der Waals surface area contributed by atoms with E-state index in [0.29, 0.717) is 6.54 Å². The fraction of sp³-hybridized carbons (Fsp3) is 0.565. The molecule has 6 heteroatoms. The monoisotopic (exact) mass is 400 g/mol. The predicted octanol–water partition coefficient (Wildman–Crippen LogP) is 4.17. The number of likely N-dealkylation sites (N-methyl/N-ethyl adjacent to an activating group) is 1. The quantitative estimate of drug-likeness (QED) is 0.756. The van der Waals surface area contributed by atoms with E-state index >= 15 is 0 Å². The van der Waals surface area contributed by atoms with Crippen LogP contribution in [0.5, 0.6) is 0 Å². The highest BCUT2D eigenvalue weighted by Crippen LogP contribution is 2.28. The molecule has 0 saturated carbocycles. The lowest BCUT2D eigenvalue weighted by Crippen LogP contribution is -2.43. The van der Waals surface area contributed by atoms with Crippen molar-refractivity contribution in [2.24, 2.45) is 5.41 Å². The largest absolute Gasteiger partial charge is 0.334 e. The van der Waals surface area contributed by atoms with Crippen molar-refractivity contribution in [2.45, 2.75) is 67.1 Å². The average Bonchev–Trinajstić information content (AvgIpc) is 3.02. The van der Waals surface area contributed by atoms with Gasteiger partial charge >= 0.3 is 0 Å². The number of aromatic nitrogens is 2. The highest BCUT2D eigenvalue weighted by Gasteiger charge is 2.32.